The number of aromatic nitrogens is 2. The minimum absolute atomic E-state index is 0.817. The lowest BCUT2D eigenvalue weighted by molar-refractivity contribution is 0.654. The molecule has 0 atom stereocenters. The summed E-state index contributed by atoms with van der Waals surface area (Å²) in [6.45, 7) is 4.07. The van der Waals surface area contributed by atoms with Crippen LogP contribution in [-0.2, 0) is 13.1 Å². The second kappa shape index (κ2) is 5.87. The molecule has 1 N–H and O–H groups in total. The maximum Gasteiger partial charge on any atom is 0.129 e. The average Bonchev–Trinajstić information content (AvgIpc) is 2.76. The van der Waals surface area contributed by atoms with Gasteiger partial charge < -0.3 is 9.88 Å². The Labute approximate surface area is 110 Å². The van der Waals surface area contributed by atoms with E-state index in [0.29, 0.717) is 0 Å². The van der Waals surface area contributed by atoms with Crippen LogP contribution in [0.5, 0.6) is 0 Å². The molecule has 2 heterocycles. The topological polar surface area (TPSA) is 29.9 Å². The lowest BCUT2D eigenvalue weighted by Crippen LogP contribution is -2.07. The second-order valence-electron chi connectivity index (χ2n) is 3.89. The molecule has 2 rings (SSSR count). The molecule has 4 heteroatoms. The van der Waals surface area contributed by atoms with Gasteiger partial charge in [-0.05, 0) is 46.6 Å². The zero-order chi connectivity index (χ0) is 12.1. The maximum atomic E-state index is 4.19. The molecule has 90 valence electrons. The highest BCUT2D eigenvalue weighted by Gasteiger charge is 2.02. The molecular weight excluding hydrogens is 278 g/mol. The molecule has 0 aromatic carbocycles. The number of halogens is 1. The van der Waals surface area contributed by atoms with Crippen molar-refractivity contribution in [1.29, 1.82) is 0 Å². The summed E-state index contributed by atoms with van der Waals surface area (Å²) >= 11 is 3.43. The van der Waals surface area contributed by atoms with E-state index in [-0.39, 0.29) is 0 Å². The highest BCUT2D eigenvalue weighted by Crippen LogP contribution is 2.19. The molecule has 0 spiro atoms. The fourth-order valence-electron chi connectivity index (χ4n) is 1.77. The van der Waals surface area contributed by atoms with Crippen LogP contribution in [0.25, 0.3) is 0 Å². The Balaban J connectivity index is 2.02. The van der Waals surface area contributed by atoms with E-state index in [0.717, 1.165) is 29.8 Å². The van der Waals surface area contributed by atoms with Gasteiger partial charge in [-0.15, -0.1) is 0 Å². The van der Waals surface area contributed by atoms with Crippen molar-refractivity contribution in [1.82, 2.24) is 9.55 Å². The van der Waals surface area contributed by atoms with Crippen LogP contribution in [0.1, 0.15) is 19.0 Å². The van der Waals surface area contributed by atoms with Crippen molar-refractivity contribution < 1.29 is 0 Å². The Morgan fingerprint density at radius 3 is 3.00 bits per heavy atom. The molecule has 0 radical (unpaired) electrons. The largest absolute Gasteiger partial charge is 0.377 e. The van der Waals surface area contributed by atoms with Gasteiger partial charge >= 0.3 is 0 Å². The Morgan fingerprint density at radius 1 is 1.35 bits per heavy atom. The van der Waals surface area contributed by atoms with E-state index in [1.54, 1.807) is 6.20 Å². The molecule has 3 nitrogen and oxygen atoms in total. The van der Waals surface area contributed by atoms with Crippen molar-refractivity contribution in [3.8, 4) is 0 Å². The highest BCUT2D eigenvalue weighted by atomic mass is 79.9. The number of nitrogens with zero attached hydrogens (tertiary/aromatic N) is 2. The van der Waals surface area contributed by atoms with E-state index < -0.39 is 0 Å². The van der Waals surface area contributed by atoms with E-state index in [9.17, 15) is 0 Å². The first-order valence-electron chi connectivity index (χ1n) is 5.79. The normalized spacial score (nSPS) is 10.5. The minimum Gasteiger partial charge on any atom is -0.377 e. The Hall–Kier alpha value is -1.29. The van der Waals surface area contributed by atoms with Gasteiger partial charge in [-0.3, -0.25) is 0 Å². The van der Waals surface area contributed by atoms with Gasteiger partial charge in [0.1, 0.15) is 4.60 Å². The molecule has 0 unspecified atom stereocenters. The number of anilines is 1. The van der Waals surface area contributed by atoms with Gasteiger partial charge in [0.15, 0.2) is 0 Å². The third-order valence-electron chi connectivity index (χ3n) is 2.61. The number of aryl methyl sites for hydroxylation is 1. The van der Waals surface area contributed by atoms with E-state index >= 15 is 0 Å². The maximum absolute atomic E-state index is 4.19. The van der Waals surface area contributed by atoms with Gasteiger partial charge in [0.05, 0.1) is 12.2 Å². The SMILES string of the molecule is CCCn1cccc1CNc1cccnc1Br. The fraction of sp³-hybridized carbons (Fsp3) is 0.308. The van der Waals surface area contributed by atoms with Crippen molar-refractivity contribution in [3.63, 3.8) is 0 Å². The van der Waals surface area contributed by atoms with Gasteiger partial charge in [-0.2, -0.15) is 0 Å². The van der Waals surface area contributed by atoms with Crippen LogP contribution < -0.4 is 5.32 Å². The first-order chi connectivity index (χ1) is 8.31. The summed E-state index contributed by atoms with van der Waals surface area (Å²) in [5, 5.41) is 3.38. The molecule has 0 saturated heterocycles. The second-order valence-corrected chi connectivity index (χ2v) is 4.64. The third-order valence-corrected chi connectivity index (χ3v) is 3.24. The number of hydrogen-bond donors (Lipinski definition) is 1. The van der Waals surface area contributed by atoms with Crippen LogP contribution in [0, 0.1) is 0 Å². The molecule has 0 saturated carbocycles. The van der Waals surface area contributed by atoms with E-state index in [1.807, 2.05) is 12.1 Å². The molecule has 17 heavy (non-hydrogen) atoms. The standard InChI is InChI=1S/C13H16BrN3/c1-2-8-17-9-4-5-11(17)10-16-12-6-3-7-15-13(12)14/h3-7,9,16H,2,8,10H2,1H3. The zero-order valence-electron chi connectivity index (χ0n) is 9.86. The summed E-state index contributed by atoms with van der Waals surface area (Å²) in [6.07, 6.45) is 5.05. The van der Waals surface area contributed by atoms with Gasteiger partial charge in [-0.1, -0.05) is 6.92 Å². The van der Waals surface area contributed by atoms with Gasteiger partial charge in [0, 0.05) is 24.6 Å². The Bertz CT molecular complexity index is 479. The molecule has 0 aliphatic rings. The van der Waals surface area contributed by atoms with Crippen LogP contribution in [-0.4, -0.2) is 9.55 Å². The molecular formula is C13H16BrN3. The van der Waals surface area contributed by atoms with Crippen LogP contribution in [0.4, 0.5) is 5.69 Å². The molecule has 2 aromatic heterocycles. The predicted octanol–water partition coefficient (Wildman–Crippen LogP) is 3.67. The summed E-state index contributed by atoms with van der Waals surface area (Å²) in [5.41, 5.74) is 2.32. The summed E-state index contributed by atoms with van der Waals surface area (Å²) < 4.78 is 3.13. The summed E-state index contributed by atoms with van der Waals surface area (Å²) in [7, 11) is 0. The van der Waals surface area contributed by atoms with E-state index in [4.69, 9.17) is 0 Å². The first kappa shape index (κ1) is 12.2. The lowest BCUT2D eigenvalue weighted by atomic mass is 10.3. The average molecular weight is 294 g/mol. The lowest BCUT2D eigenvalue weighted by Gasteiger charge is -2.10. The molecule has 0 aliphatic heterocycles. The van der Waals surface area contributed by atoms with Crippen molar-refractivity contribution >= 4 is 21.6 Å². The van der Waals surface area contributed by atoms with E-state index in [1.165, 1.54) is 5.69 Å². The zero-order valence-corrected chi connectivity index (χ0v) is 11.4. The van der Waals surface area contributed by atoms with E-state index in [2.05, 4.69) is 56.1 Å². The minimum atomic E-state index is 0.817. The highest BCUT2D eigenvalue weighted by molar-refractivity contribution is 9.10. The summed E-state index contributed by atoms with van der Waals surface area (Å²) in [5.74, 6) is 0. The fourth-order valence-corrected chi connectivity index (χ4v) is 2.16. The van der Waals surface area contributed by atoms with Gasteiger partial charge in [-0.25, -0.2) is 4.98 Å². The van der Waals surface area contributed by atoms with Crippen molar-refractivity contribution in [2.45, 2.75) is 26.4 Å². The van der Waals surface area contributed by atoms with Crippen LogP contribution in [0.15, 0.2) is 41.3 Å². The van der Waals surface area contributed by atoms with Gasteiger partial charge in [0.25, 0.3) is 0 Å². The quantitative estimate of drug-likeness (QED) is 0.853. The van der Waals surface area contributed by atoms with Crippen LogP contribution >= 0.6 is 15.9 Å². The monoisotopic (exact) mass is 293 g/mol. The van der Waals surface area contributed by atoms with Crippen LogP contribution in [0.3, 0.4) is 0 Å². The molecule has 0 amide bonds. The van der Waals surface area contributed by atoms with Gasteiger partial charge in [0.2, 0.25) is 0 Å². The summed E-state index contributed by atoms with van der Waals surface area (Å²) in [6, 6.07) is 8.18. The summed E-state index contributed by atoms with van der Waals surface area (Å²) in [4.78, 5) is 4.19. The third kappa shape index (κ3) is 3.09. The first-order valence-corrected chi connectivity index (χ1v) is 6.59. The molecule has 0 fully saturated rings. The molecule has 0 bridgehead atoms. The van der Waals surface area contributed by atoms with Crippen molar-refractivity contribution in [3.05, 3.63) is 47.0 Å². The Morgan fingerprint density at radius 2 is 2.24 bits per heavy atom. The van der Waals surface area contributed by atoms with Crippen molar-refractivity contribution in [2.75, 3.05) is 5.32 Å². The number of nitrogens with one attached hydrogen (secondary N) is 1. The van der Waals surface area contributed by atoms with Crippen LogP contribution in [0.2, 0.25) is 0 Å². The molecule has 0 aliphatic carbocycles. The van der Waals surface area contributed by atoms with Crippen molar-refractivity contribution in [2.24, 2.45) is 0 Å². The number of rotatable bonds is 5. The number of pyridine rings is 1. The molecule has 2 aromatic rings. The smallest absolute Gasteiger partial charge is 0.129 e. The Kier molecular flexibility index (Phi) is 4.20. The predicted molar refractivity (Wildman–Crippen MR) is 74.0 cm³/mol. The number of hydrogen-bond acceptors (Lipinski definition) is 2.